The fourth-order valence-corrected chi connectivity index (χ4v) is 3.13. The molecular weight excluding hydrogens is 210 g/mol. The second kappa shape index (κ2) is 4.88. The zero-order valence-electron chi connectivity index (χ0n) is 8.46. The Balaban J connectivity index is 2.13. The number of hydrogen-bond acceptors (Lipinski definition) is 3. The van der Waals surface area contributed by atoms with Crippen molar-refractivity contribution in [3.05, 3.63) is 30.3 Å². The van der Waals surface area contributed by atoms with E-state index in [-0.39, 0.29) is 11.3 Å². The van der Waals surface area contributed by atoms with Crippen LogP contribution in [0.15, 0.2) is 35.2 Å². The normalized spacial score (nSPS) is 28.6. The predicted molar refractivity (Wildman–Crippen MR) is 60.0 cm³/mol. The van der Waals surface area contributed by atoms with Crippen LogP contribution < -0.4 is 5.73 Å². The molecule has 15 heavy (non-hydrogen) atoms. The molecule has 0 aliphatic carbocycles. The Morgan fingerprint density at radius 2 is 2.07 bits per heavy atom. The minimum Gasteiger partial charge on any atom is -0.380 e. The minimum absolute atomic E-state index is 0.0141. The van der Waals surface area contributed by atoms with E-state index >= 15 is 0 Å². The topological polar surface area (TPSA) is 52.3 Å². The van der Waals surface area contributed by atoms with Gasteiger partial charge in [0.1, 0.15) is 0 Å². The van der Waals surface area contributed by atoms with Crippen LogP contribution in [0.3, 0.4) is 0 Å². The van der Waals surface area contributed by atoms with E-state index in [0.717, 1.165) is 11.3 Å². The minimum atomic E-state index is -1.05. The predicted octanol–water partition coefficient (Wildman–Crippen LogP) is 0.910. The second-order valence-electron chi connectivity index (χ2n) is 3.68. The van der Waals surface area contributed by atoms with Crippen molar-refractivity contribution in [2.45, 2.75) is 22.6 Å². The largest absolute Gasteiger partial charge is 0.380 e. The van der Waals surface area contributed by atoms with E-state index < -0.39 is 10.8 Å². The van der Waals surface area contributed by atoms with Gasteiger partial charge in [-0.15, -0.1) is 0 Å². The van der Waals surface area contributed by atoms with E-state index in [1.807, 2.05) is 30.3 Å². The van der Waals surface area contributed by atoms with Crippen molar-refractivity contribution in [3.63, 3.8) is 0 Å². The lowest BCUT2D eigenvalue weighted by molar-refractivity contribution is 0.0904. The lowest BCUT2D eigenvalue weighted by Crippen LogP contribution is -2.45. The van der Waals surface area contributed by atoms with Gasteiger partial charge in [-0.3, -0.25) is 4.21 Å². The SMILES string of the molecule is NC1CCOCC1S(=O)c1ccccc1. The fourth-order valence-electron chi connectivity index (χ4n) is 1.68. The summed E-state index contributed by atoms with van der Waals surface area (Å²) in [6.07, 6.45) is 0.795. The highest BCUT2D eigenvalue weighted by atomic mass is 32.2. The summed E-state index contributed by atoms with van der Waals surface area (Å²) in [5.74, 6) is 0. The van der Waals surface area contributed by atoms with Gasteiger partial charge in [0.05, 0.1) is 22.7 Å². The van der Waals surface area contributed by atoms with Crippen molar-refractivity contribution in [2.75, 3.05) is 13.2 Å². The molecule has 1 saturated heterocycles. The van der Waals surface area contributed by atoms with E-state index in [0.29, 0.717) is 13.2 Å². The maximum absolute atomic E-state index is 12.2. The first-order valence-electron chi connectivity index (χ1n) is 5.08. The van der Waals surface area contributed by atoms with E-state index in [9.17, 15) is 4.21 Å². The highest BCUT2D eigenvalue weighted by Gasteiger charge is 2.28. The highest BCUT2D eigenvalue weighted by Crippen LogP contribution is 2.17. The van der Waals surface area contributed by atoms with Crippen molar-refractivity contribution in [1.82, 2.24) is 0 Å². The first kappa shape index (κ1) is 10.8. The van der Waals surface area contributed by atoms with Crippen molar-refractivity contribution in [1.29, 1.82) is 0 Å². The first-order chi connectivity index (χ1) is 7.29. The molecule has 1 aliphatic heterocycles. The molecule has 1 heterocycles. The van der Waals surface area contributed by atoms with Crippen LogP contribution in [0.1, 0.15) is 6.42 Å². The maximum atomic E-state index is 12.2. The van der Waals surface area contributed by atoms with Gasteiger partial charge in [-0.05, 0) is 18.6 Å². The van der Waals surface area contributed by atoms with Gasteiger partial charge in [-0.1, -0.05) is 18.2 Å². The van der Waals surface area contributed by atoms with Gasteiger partial charge >= 0.3 is 0 Å². The molecule has 2 N–H and O–H groups in total. The van der Waals surface area contributed by atoms with Gasteiger partial charge in [0.25, 0.3) is 0 Å². The van der Waals surface area contributed by atoms with Gasteiger partial charge < -0.3 is 10.5 Å². The number of rotatable bonds is 2. The molecule has 82 valence electrons. The van der Waals surface area contributed by atoms with Crippen LogP contribution in [-0.2, 0) is 15.5 Å². The highest BCUT2D eigenvalue weighted by molar-refractivity contribution is 7.85. The summed E-state index contributed by atoms with van der Waals surface area (Å²) in [5.41, 5.74) is 5.94. The molecule has 1 aromatic rings. The van der Waals surface area contributed by atoms with Crippen LogP contribution >= 0.6 is 0 Å². The van der Waals surface area contributed by atoms with Crippen LogP contribution in [0.2, 0.25) is 0 Å². The first-order valence-corrected chi connectivity index (χ1v) is 6.29. The van der Waals surface area contributed by atoms with Gasteiger partial charge in [-0.25, -0.2) is 0 Å². The summed E-state index contributed by atoms with van der Waals surface area (Å²) in [6, 6.07) is 9.43. The molecule has 0 radical (unpaired) electrons. The monoisotopic (exact) mass is 225 g/mol. The number of ether oxygens (including phenoxy) is 1. The third-order valence-corrected chi connectivity index (χ3v) is 4.38. The van der Waals surface area contributed by atoms with Gasteiger partial charge in [0.15, 0.2) is 0 Å². The lowest BCUT2D eigenvalue weighted by Gasteiger charge is -2.27. The molecule has 1 aromatic carbocycles. The van der Waals surface area contributed by atoms with Crippen molar-refractivity contribution >= 4 is 10.8 Å². The fraction of sp³-hybridized carbons (Fsp3) is 0.455. The molecule has 0 spiro atoms. The molecule has 1 aliphatic rings. The zero-order chi connectivity index (χ0) is 10.7. The molecule has 0 bridgehead atoms. The summed E-state index contributed by atoms with van der Waals surface area (Å²) < 4.78 is 17.5. The standard InChI is InChI=1S/C11H15NO2S/c12-10-6-7-14-8-11(10)15(13)9-4-2-1-3-5-9/h1-5,10-11H,6-8,12H2. The van der Waals surface area contributed by atoms with Crippen LogP contribution in [0.5, 0.6) is 0 Å². The van der Waals surface area contributed by atoms with Gasteiger partial charge in [-0.2, -0.15) is 0 Å². The van der Waals surface area contributed by atoms with Crippen LogP contribution in [0, 0.1) is 0 Å². The lowest BCUT2D eigenvalue weighted by atomic mass is 10.1. The molecule has 0 saturated carbocycles. The molecule has 0 amide bonds. The Bertz CT molecular complexity index is 342. The van der Waals surface area contributed by atoms with Gasteiger partial charge in [0, 0.05) is 17.5 Å². The summed E-state index contributed by atoms with van der Waals surface area (Å²) in [7, 11) is -1.05. The molecule has 2 rings (SSSR count). The molecule has 1 fully saturated rings. The van der Waals surface area contributed by atoms with E-state index in [2.05, 4.69) is 0 Å². The Kier molecular flexibility index (Phi) is 3.51. The molecule has 3 nitrogen and oxygen atoms in total. The summed E-state index contributed by atoms with van der Waals surface area (Å²) in [6.45, 7) is 1.19. The Morgan fingerprint density at radius 1 is 1.33 bits per heavy atom. The average Bonchev–Trinajstić information content (AvgIpc) is 2.30. The van der Waals surface area contributed by atoms with E-state index in [1.54, 1.807) is 0 Å². The summed E-state index contributed by atoms with van der Waals surface area (Å²) in [4.78, 5) is 0.837. The van der Waals surface area contributed by atoms with Crippen LogP contribution in [0.25, 0.3) is 0 Å². The van der Waals surface area contributed by atoms with Gasteiger partial charge in [0.2, 0.25) is 0 Å². The third kappa shape index (κ3) is 2.45. The average molecular weight is 225 g/mol. The maximum Gasteiger partial charge on any atom is 0.0779 e. The molecule has 0 aromatic heterocycles. The third-order valence-electron chi connectivity index (χ3n) is 2.61. The molecule has 3 atom stereocenters. The smallest absolute Gasteiger partial charge is 0.0779 e. The summed E-state index contributed by atoms with van der Waals surface area (Å²) in [5, 5.41) is -0.0684. The van der Waals surface area contributed by atoms with Crippen molar-refractivity contribution in [3.8, 4) is 0 Å². The number of benzene rings is 1. The Labute approximate surface area is 92.1 Å². The molecule has 4 heteroatoms. The molecule has 3 unspecified atom stereocenters. The van der Waals surface area contributed by atoms with E-state index in [1.165, 1.54) is 0 Å². The van der Waals surface area contributed by atoms with Crippen LogP contribution in [-0.4, -0.2) is 28.7 Å². The Morgan fingerprint density at radius 3 is 2.73 bits per heavy atom. The zero-order valence-corrected chi connectivity index (χ0v) is 9.28. The van der Waals surface area contributed by atoms with Crippen molar-refractivity contribution < 1.29 is 8.95 Å². The van der Waals surface area contributed by atoms with Crippen molar-refractivity contribution in [2.24, 2.45) is 5.73 Å². The Hall–Kier alpha value is -0.710. The number of nitrogens with two attached hydrogens (primary N) is 1. The van der Waals surface area contributed by atoms with Crippen LogP contribution in [0.4, 0.5) is 0 Å². The van der Waals surface area contributed by atoms with E-state index in [4.69, 9.17) is 10.5 Å². The quantitative estimate of drug-likeness (QED) is 0.814. The number of hydrogen-bond donors (Lipinski definition) is 1. The summed E-state index contributed by atoms with van der Waals surface area (Å²) >= 11 is 0. The second-order valence-corrected chi connectivity index (χ2v) is 5.35. The molecular formula is C11H15NO2S.